The first-order valence-corrected chi connectivity index (χ1v) is 9.93. The topological polar surface area (TPSA) is 84.5 Å². The number of carbonyl (C=O) groups excluding carboxylic acids is 1. The van der Waals surface area contributed by atoms with Gasteiger partial charge in [0.2, 0.25) is 10.0 Å². The van der Waals surface area contributed by atoms with Crippen molar-refractivity contribution in [3.63, 3.8) is 0 Å². The first-order chi connectivity index (χ1) is 12.3. The number of hydrogen-bond acceptors (Lipinski definition) is 4. The highest BCUT2D eigenvalue weighted by atomic mass is 35.5. The molecule has 140 valence electrons. The number of rotatable bonds is 8. The van der Waals surface area contributed by atoms with Gasteiger partial charge in [0.05, 0.1) is 22.0 Å². The van der Waals surface area contributed by atoms with Gasteiger partial charge in [0.25, 0.3) is 5.91 Å². The molecule has 0 saturated carbocycles. The van der Waals surface area contributed by atoms with Crippen LogP contribution in [0.25, 0.3) is 0 Å². The van der Waals surface area contributed by atoms with Gasteiger partial charge in [-0.3, -0.25) is 4.79 Å². The Morgan fingerprint density at radius 2 is 1.85 bits per heavy atom. The normalized spacial score (nSPS) is 11.4. The summed E-state index contributed by atoms with van der Waals surface area (Å²) in [7, 11) is -3.71. The van der Waals surface area contributed by atoms with E-state index in [1.807, 2.05) is 30.3 Å². The number of benzene rings is 2. The molecule has 0 spiro atoms. The van der Waals surface area contributed by atoms with E-state index in [-0.39, 0.29) is 34.7 Å². The largest absolute Gasteiger partial charge is 0.492 e. The predicted molar refractivity (Wildman–Crippen MR) is 101 cm³/mol. The zero-order chi connectivity index (χ0) is 19.2. The van der Waals surface area contributed by atoms with E-state index in [1.165, 1.54) is 18.2 Å². The highest BCUT2D eigenvalue weighted by molar-refractivity contribution is 7.89. The van der Waals surface area contributed by atoms with Gasteiger partial charge in [0.15, 0.2) is 0 Å². The van der Waals surface area contributed by atoms with E-state index in [0.717, 1.165) is 0 Å². The Morgan fingerprint density at radius 1 is 1.15 bits per heavy atom. The molecule has 0 heterocycles. The van der Waals surface area contributed by atoms with Crippen molar-refractivity contribution < 1.29 is 17.9 Å². The van der Waals surface area contributed by atoms with E-state index in [2.05, 4.69) is 10.0 Å². The second kappa shape index (κ2) is 9.02. The number of amides is 1. The molecule has 0 aliphatic carbocycles. The number of sulfonamides is 1. The van der Waals surface area contributed by atoms with Crippen LogP contribution in [0.1, 0.15) is 24.2 Å². The molecule has 0 bridgehead atoms. The van der Waals surface area contributed by atoms with Gasteiger partial charge >= 0.3 is 0 Å². The summed E-state index contributed by atoms with van der Waals surface area (Å²) < 4.78 is 32.4. The van der Waals surface area contributed by atoms with Crippen molar-refractivity contribution in [3.8, 4) is 5.75 Å². The third-order valence-electron chi connectivity index (χ3n) is 3.28. The first kappa shape index (κ1) is 20.2. The monoisotopic (exact) mass is 396 g/mol. The molecule has 8 heteroatoms. The Morgan fingerprint density at radius 3 is 2.50 bits per heavy atom. The molecular weight excluding hydrogens is 376 g/mol. The summed E-state index contributed by atoms with van der Waals surface area (Å²) in [5.74, 6) is 0.237. The van der Waals surface area contributed by atoms with Gasteiger partial charge in [-0.15, -0.1) is 0 Å². The minimum Gasteiger partial charge on any atom is -0.492 e. The maximum atomic E-state index is 12.3. The summed E-state index contributed by atoms with van der Waals surface area (Å²) in [4.78, 5) is 12.3. The molecule has 0 aromatic heterocycles. The lowest BCUT2D eigenvalue weighted by molar-refractivity contribution is 0.0947. The SMILES string of the molecule is CC(C)NS(=O)(=O)c1ccc(Cl)c(C(=O)NCCOc2ccccc2)c1. The molecule has 0 radical (unpaired) electrons. The Bertz CT molecular complexity index is 855. The van der Waals surface area contributed by atoms with Gasteiger partial charge in [-0.1, -0.05) is 29.8 Å². The van der Waals surface area contributed by atoms with Crippen molar-refractivity contribution in [1.82, 2.24) is 10.0 Å². The van der Waals surface area contributed by atoms with Crippen molar-refractivity contribution >= 4 is 27.5 Å². The average molecular weight is 397 g/mol. The van der Waals surface area contributed by atoms with Crippen LogP contribution < -0.4 is 14.8 Å². The third-order valence-corrected chi connectivity index (χ3v) is 5.27. The highest BCUT2D eigenvalue weighted by Gasteiger charge is 2.19. The fourth-order valence-electron chi connectivity index (χ4n) is 2.17. The van der Waals surface area contributed by atoms with E-state index < -0.39 is 15.9 Å². The number of nitrogens with one attached hydrogen (secondary N) is 2. The number of hydrogen-bond donors (Lipinski definition) is 2. The minimum absolute atomic E-state index is 0.0127. The zero-order valence-electron chi connectivity index (χ0n) is 14.5. The summed E-state index contributed by atoms with van der Waals surface area (Å²) in [6, 6.07) is 13.0. The molecule has 2 aromatic carbocycles. The number of para-hydroxylation sites is 1. The smallest absolute Gasteiger partial charge is 0.252 e. The molecular formula is C18H21ClN2O4S. The van der Waals surface area contributed by atoms with Gasteiger partial charge in [-0.2, -0.15) is 0 Å². The molecule has 0 unspecified atom stereocenters. The Balaban J connectivity index is 2.00. The van der Waals surface area contributed by atoms with Gasteiger partial charge in [-0.25, -0.2) is 13.1 Å². The van der Waals surface area contributed by atoms with Crippen molar-refractivity contribution in [2.24, 2.45) is 0 Å². The summed E-state index contributed by atoms with van der Waals surface area (Å²) in [5.41, 5.74) is 0.0954. The zero-order valence-corrected chi connectivity index (χ0v) is 16.1. The molecule has 0 aliphatic heterocycles. The molecule has 2 aromatic rings. The van der Waals surface area contributed by atoms with Gasteiger partial charge in [0.1, 0.15) is 12.4 Å². The molecule has 1 amide bonds. The molecule has 26 heavy (non-hydrogen) atoms. The fraction of sp³-hybridized carbons (Fsp3) is 0.278. The van der Waals surface area contributed by atoms with Gasteiger partial charge in [0, 0.05) is 6.04 Å². The van der Waals surface area contributed by atoms with E-state index in [4.69, 9.17) is 16.3 Å². The molecule has 6 nitrogen and oxygen atoms in total. The average Bonchev–Trinajstić information content (AvgIpc) is 2.58. The molecule has 0 fully saturated rings. The second-order valence-electron chi connectivity index (χ2n) is 5.84. The third kappa shape index (κ3) is 5.72. The lowest BCUT2D eigenvalue weighted by Crippen LogP contribution is -2.31. The summed E-state index contributed by atoms with van der Waals surface area (Å²) in [5, 5.41) is 2.84. The van der Waals surface area contributed by atoms with E-state index in [1.54, 1.807) is 13.8 Å². The Hall–Kier alpha value is -2.09. The lowest BCUT2D eigenvalue weighted by Gasteiger charge is -2.12. The summed E-state index contributed by atoms with van der Waals surface area (Å²) in [6.45, 7) is 3.97. The maximum absolute atomic E-state index is 12.3. The molecule has 0 aliphatic rings. The van der Waals surface area contributed by atoms with Crippen molar-refractivity contribution in [2.45, 2.75) is 24.8 Å². The second-order valence-corrected chi connectivity index (χ2v) is 7.96. The van der Waals surface area contributed by atoms with Crippen molar-refractivity contribution in [3.05, 3.63) is 59.1 Å². The van der Waals surface area contributed by atoms with Crippen LogP contribution in [0.3, 0.4) is 0 Å². The fourth-order valence-corrected chi connectivity index (χ4v) is 3.65. The van der Waals surface area contributed by atoms with Crippen LogP contribution in [0.2, 0.25) is 5.02 Å². The van der Waals surface area contributed by atoms with Crippen LogP contribution in [0.4, 0.5) is 0 Å². The van der Waals surface area contributed by atoms with Crippen LogP contribution >= 0.6 is 11.6 Å². The van der Waals surface area contributed by atoms with E-state index >= 15 is 0 Å². The first-order valence-electron chi connectivity index (χ1n) is 8.07. The lowest BCUT2D eigenvalue weighted by atomic mass is 10.2. The van der Waals surface area contributed by atoms with E-state index in [0.29, 0.717) is 5.75 Å². The Labute approximate surface area is 158 Å². The van der Waals surface area contributed by atoms with E-state index in [9.17, 15) is 13.2 Å². The van der Waals surface area contributed by atoms with Gasteiger partial charge < -0.3 is 10.1 Å². The quantitative estimate of drug-likeness (QED) is 0.672. The molecule has 2 rings (SSSR count). The number of carbonyl (C=O) groups is 1. The Kier molecular flexibility index (Phi) is 7.02. The van der Waals surface area contributed by atoms with Crippen LogP contribution in [0.5, 0.6) is 5.75 Å². The molecule has 2 N–H and O–H groups in total. The standard InChI is InChI=1S/C18H21ClN2O4S/c1-13(2)21-26(23,24)15-8-9-17(19)16(12-15)18(22)20-10-11-25-14-6-4-3-5-7-14/h3-9,12-13,21H,10-11H2,1-2H3,(H,20,22). The molecule has 0 atom stereocenters. The predicted octanol–water partition coefficient (Wildman–Crippen LogP) is 2.84. The maximum Gasteiger partial charge on any atom is 0.252 e. The highest BCUT2D eigenvalue weighted by Crippen LogP contribution is 2.20. The van der Waals surface area contributed by atoms with Gasteiger partial charge in [-0.05, 0) is 44.2 Å². The number of halogens is 1. The van der Waals surface area contributed by atoms with Crippen LogP contribution in [-0.4, -0.2) is 33.5 Å². The van der Waals surface area contributed by atoms with Crippen molar-refractivity contribution in [1.29, 1.82) is 0 Å². The summed E-state index contributed by atoms with van der Waals surface area (Å²) >= 11 is 6.05. The van der Waals surface area contributed by atoms with Crippen LogP contribution in [-0.2, 0) is 10.0 Å². The summed E-state index contributed by atoms with van der Waals surface area (Å²) in [6.07, 6.45) is 0. The van der Waals surface area contributed by atoms with Crippen LogP contribution in [0.15, 0.2) is 53.4 Å². The van der Waals surface area contributed by atoms with Crippen molar-refractivity contribution in [2.75, 3.05) is 13.2 Å². The molecule has 0 saturated heterocycles. The number of ether oxygens (including phenoxy) is 1. The minimum atomic E-state index is -3.71. The van der Waals surface area contributed by atoms with Crippen LogP contribution in [0, 0.1) is 0 Å².